The summed E-state index contributed by atoms with van der Waals surface area (Å²) in [6, 6.07) is 6.82. The molecule has 0 saturated carbocycles. The van der Waals surface area contributed by atoms with Crippen molar-refractivity contribution in [3.63, 3.8) is 0 Å². The first-order valence-corrected chi connectivity index (χ1v) is 15.4. The fraction of sp³-hybridized carbons (Fsp3) is 0.593. The highest BCUT2D eigenvalue weighted by atomic mass is 31.2. The Bertz CT molecular complexity index is 1210. The monoisotopic (exact) mass is 593 g/mol. The van der Waals surface area contributed by atoms with Crippen LogP contribution in [-0.2, 0) is 23.4 Å². The fourth-order valence-corrected chi connectivity index (χ4v) is 6.58. The lowest BCUT2D eigenvalue weighted by molar-refractivity contribution is -0.146. The second-order valence-corrected chi connectivity index (χ2v) is 12.3. The van der Waals surface area contributed by atoms with Crippen LogP contribution in [0.15, 0.2) is 52.2 Å². The largest absolute Gasteiger partial charge is 0.464 e. The molecule has 1 aromatic carbocycles. The molecule has 226 valence electrons. The number of ether oxygens (including phenoxy) is 2. The Hall–Kier alpha value is -2.80. The van der Waals surface area contributed by atoms with E-state index >= 15 is 0 Å². The SMILES string of the molecule is CCC(CC)COC(=O)[C@H](C)N[P@@](=O)(OC[C@H]1O[C@@](C)(C2CC=C3C(N)=NC=NN32)[C@H](O)[C@@H]1O)Oc1ccccc1. The van der Waals surface area contributed by atoms with Crippen LogP contribution in [0.2, 0.25) is 0 Å². The van der Waals surface area contributed by atoms with Crippen molar-refractivity contribution in [3.05, 3.63) is 42.1 Å². The van der Waals surface area contributed by atoms with Gasteiger partial charge >= 0.3 is 13.7 Å². The van der Waals surface area contributed by atoms with Gasteiger partial charge in [-0.25, -0.2) is 9.56 Å². The molecule has 41 heavy (non-hydrogen) atoms. The third-order valence-corrected chi connectivity index (χ3v) is 9.41. The van der Waals surface area contributed by atoms with Crippen LogP contribution in [0.5, 0.6) is 5.75 Å². The van der Waals surface area contributed by atoms with Crippen molar-refractivity contribution in [2.24, 2.45) is 21.7 Å². The molecule has 1 aromatic rings. The van der Waals surface area contributed by atoms with Gasteiger partial charge in [-0.15, -0.1) is 0 Å². The maximum atomic E-state index is 13.9. The Labute approximate surface area is 240 Å². The minimum atomic E-state index is -4.21. The Morgan fingerprint density at radius 3 is 2.68 bits per heavy atom. The zero-order chi connectivity index (χ0) is 29.8. The smallest absolute Gasteiger partial charge is 0.459 e. The minimum Gasteiger partial charge on any atom is -0.464 e. The number of aliphatic hydroxyl groups excluding tert-OH is 2. The summed E-state index contributed by atoms with van der Waals surface area (Å²) in [7, 11) is -4.21. The number of aliphatic imine (C=N–C) groups is 1. The number of nitrogens with two attached hydrogens (primary N) is 1. The molecule has 0 aliphatic carbocycles. The first-order chi connectivity index (χ1) is 19.5. The zero-order valence-electron chi connectivity index (χ0n) is 23.8. The topological polar surface area (TPSA) is 178 Å². The van der Waals surface area contributed by atoms with E-state index in [0.717, 1.165) is 12.8 Å². The van der Waals surface area contributed by atoms with E-state index in [1.165, 1.54) is 13.3 Å². The number of hydrogen-bond acceptors (Lipinski definition) is 12. The molecule has 0 radical (unpaired) electrons. The summed E-state index contributed by atoms with van der Waals surface area (Å²) in [4.78, 5) is 16.7. The molecule has 0 amide bonds. The van der Waals surface area contributed by atoms with Gasteiger partial charge < -0.3 is 29.9 Å². The predicted molar refractivity (Wildman–Crippen MR) is 152 cm³/mol. The standard InChI is InChI=1S/C27H40N5O8P/c1-5-18(6-2)14-37-26(35)17(3)31-41(36,40-19-10-8-7-9-11-19)38-15-21-23(33)24(34)27(4,39-21)22-13-12-20-25(28)29-16-30-32(20)22/h7-12,16-18,21-24,33-34H,5-6,13-15H2,1-4H3,(H,31,36)(H2,28,29,30)/t17-,21+,22?,23+,24+,27-,41+/m0/s1. The van der Waals surface area contributed by atoms with Gasteiger partial charge in [0.05, 0.1) is 25.0 Å². The van der Waals surface area contributed by atoms with Crippen molar-refractivity contribution in [3.8, 4) is 5.75 Å². The number of aliphatic hydroxyl groups is 2. The van der Waals surface area contributed by atoms with E-state index in [1.54, 1.807) is 42.3 Å². The molecule has 3 heterocycles. The lowest BCUT2D eigenvalue weighted by Gasteiger charge is -2.39. The van der Waals surface area contributed by atoms with E-state index in [9.17, 15) is 19.6 Å². The Morgan fingerprint density at radius 2 is 2.00 bits per heavy atom. The first kappa shape index (κ1) is 31.1. The van der Waals surface area contributed by atoms with Crippen molar-refractivity contribution >= 4 is 25.9 Å². The van der Waals surface area contributed by atoms with E-state index < -0.39 is 56.3 Å². The molecular formula is C27H40N5O8P. The second kappa shape index (κ2) is 13.0. The number of carbonyl (C=O) groups excluding carboxylic acids is 1. The molecule has 3 aliphatic heterocycles. The summed E-state index contributed by atoms with van der Waals surface area (Å²) in [5, 5.41) is 30.5. The Kier molecular flexibility index (Phi) is 9.89. The number of para-hydroxylation sites is 1. The van der Waals surface area contributed by atoms with Gasteiger partial charge in [-0.2, -0.15) is 10.2 Å². The Balaban J connectivity index is 1.45. The van der Waals surface area contributed by atoms with Crippen molar-refractivity contribution in [1.82, 2.24) is 10.1 Å². The Morgan fingerprint density at radius 1 is 1.29 bits per heavy atom. The molecular weight excluding hydrogens is 553 g/mol. The van der Waals surface area contributed by atoms with Crippen molar-refractivity contribution in [2.75, 3.05) is 13.2 Å². The molecule has 7 atom stereocenters. The van der Waals surface area contributed by atoms with Crippen LogP contribution in [0.3, 0.4) is 0 Å². The number of fused-ring (bicyclic) bond motifs is 1. The summed E-state index contributed by atoms with van der Waals surface area (Å²) < 4.78 is 36.9. The van der Waals surface area contributed by atoms with Crippen LogP contribution < -0.4 is 15.3 Å². The average molecular weight is 594 g/mol. The molecule has 0 spiro atoms. The maximum absolute atomic E-state index is 13.9. The lowest BCUT2D eigenvalue weighted by Crippen LogP contribution is -2.55. The quantitative estimate of drug-likeness (QED) is 0.195. The fourth-order valence-electron chi connectivity index (χ4n) is 5.07. The van der Waals surface area contributed by atoms with Crippen LogP contribution >= 0.6 is 7.75 Å². The van der Waals surface area contributed by atoms with E-state index in [2.05, 4.69) is 15.2 Å². The molecule has 14 heteroatoms. The van der Waals surface area contributed by atoms with Gasteiger partial charge in [0.25, 0.3) is 0 Å². The van der Waals surface area contributed by atoms with Gasteiger partial charge in [-0.1, -0.05) is 51.0 Å². The van der Waals surface area contributed by atoms with E-state index in [1.807, 2.05) is 19.9 Å². The first-order valence-electron chi connectivity index (χ1n) is 13.8. The second-order valence-electron chi connectivity index (χ2n) is 10.6. The maximum Gasteiger partial charge on any atom is 0.459 e. The van der Waals surface area contributed by atoms with Crippen molar-refractivity contribution < 1.29 is 38.1 Å². The molecule has 1 fully saturated rings. The highest BCUT2D eigenvalue weighted by Crippen LogP contribution is 2.47. The number of carbonyl (C=O) groups is 1. The molecule has 4 rings (SSSR count). The van der Waals surface area contributed by atoms with Gasteiger partial charge in [0.15, 0.2) is 5.84 Å². The number of hydrazone groups is 1. The van der Waals surface area contributed by atoms with Crippen LogP contribution in [-0.4, -0.2) is 82.6 Å². The summed E-state index contributed by atoms with van der Waals surface area (Å²) in [5.41, 5.74) is 5.28. The van der Waals surface area contributed by atoms with Gasteiger partial charge in [0, 0.05) is 0 Å². The number of hydrogen-bond donors (Lipinski definition) is 4. The van der Waals surface area contributed by atoms with Crippen LogP contribution in [0.4, 0.5) is 0 Å². The van der Waals surface area contributed by atoms with Gasteiger partial charge in [-0.3, -0.25) is 14.3 Å². The lowest BCUT2D eigenvalue weighted by atomic mass is 9.87. The van der Waals surface area contributed by atoms with Crippen molar-refractivity contribution in [1.29, 1.82) is 0 Å². The third kappa shape index (κ3) is 6.82. The predicted octanol–water partition coefficient (Wildman–Crippen LogP) is 2.30. The number of nitrogens with one attached hydrogen (secondary N) is 1. The van der Waals surface area contributed by atoms with Gasteiger partial charge in [0.1, 0.15) is 42.0 Å². The molecule has 0 aromatic heterocycles. The number of amidine groups is 1. The summed E-state index contributed by atoms with van der Waals surface area (Å²) in [5.74, 6) is 0.149. The van der Waals surface area contributed by atoms with Crippen LogP contribution in [0, 0.1) is 5.92 Å². The number of benzene rings is 1. The van der Waals surface area contributed by atoms with Crippen molar-refractivity contribution in [2.45, 2.75) is 83.0 Å². The molecule has 0 bridgehead atoms. The molecule has 1 unspecified atom stereocenters. The van der Waals surface area contributed by atoms with Crippen LogP contribution in [0.25, 0.3) is 0 Å². The van der Waals surface area contributed by atoms with Gasteiger partial charge in [-0.05, 0) is 38.3 Å². The van der Waals surface area contributed by atoms with E-state index in [4.69, 9.17) is 24.3 Å². The summed E-state index contributed by atoms with van der Waals surface area (Å²) in [6.45, 7) is 7.03. The summed E-state index contributed by atoms with van der Waals surface area (Å²) in [6.07, 6.45) is 1.53. The minimum absolute atomic E-state index is 0.224. The normalized spacial score (nSPS) is 29.5. The van der Waals surface area contributed by atoms with E-state index in [-0.39, 0.29) is 24.1 Å². The molecule has 1 saturated heterocycles. The highest BCUT2D eigenvalue weighted by molar-refractivity contribution is 7.52. The van der Waals surface area contributed by atoms with E-state index in [0.29, 0.717) is 12.1 Å². The van der Waals surface area contributed by atoms with Crippen LogP contribution in [0.1, 0.15) is 47.0 Å². The van der Waals surface area contributed by atoms with Gasteiger partial charge in [0.2, 0.25) is 0 Å². The third-order valence-electron chi connectivity index (χ3n) is 7.77. The number of rotatable bonds is 13. The summed E-state index contributed by atoms with van der Waals surface area (Å²) >= 11 is 0. The molecule has 3 aliphatic rings. The number of esters is 1. The average Bonchev–Trinajstić information content (AvgIpc) is 3.49. The number of nitrogens with zero attached hydrogens (tertiary/aromatic N) is 3. The highest BCUT2D eigenvalue weighted by Gasteiger charge is 2.58. The molecule has 5 N–H and O–H groups in total. The zero-order valence-corrected chi connectivity index (χ0v) is 24.6. The molecule has 13 nitrogen and oxygen atoms in total.